The van der Waals surface area contributed by atoms with Crippen LogP contribution in [0.2, 0.25) is 0 Å². The van der Waals surface area contributed by atoms with Gasteiger partial charge >= 0.3 is 0 Å². The molecular formula is C34H42N8O10S4. The Kier molecular flexibility index (Phi) is 14.8. The summed E-state index contributed by atoms with van der Waals surface area (Å²) in [5, 5.41) is 101. The van der Waals surface area contributed by atoms with Crippen LogP contribution >= 0.6 is 48.0 Å². The first-order valence-corrected chi connectivity index (χ1v) is 20.3. The zero-order chi connectivity index (χ0) is 39.9. The fourth-order valence-electron chi connectivity index (χ4n) is 5.85. The Morgan fingerprint density at radius 3 is 1.32 bits per heavy atom. The van der Waals surface area contributed by atoms with Crippen molar-refractivity contribution >= 4 is 60.4 Å². The lowest BCUT2D eigenvalue weighted by Gasteiger charge is -2.39. The third kappa shape index (κ3) is 9.40. The summed E-state index contributed by atoms with van der Waals surface area (Å²) >= 11 is 14.0. The van der Waals surface area contributed by atoms with Gasteiger partial charge in [0, 0.05) is 11.5 Å². The summed E-state index contributed by atoms with van der Waals surface area (Å²) in [6, 6.07) is 18.6. The number of aliphatic hydroxyl groups is 8. The summed E-state index contributed by atoms with van der Waals surface area (Å²) in [6.45, 7) is -1.22. The molecule has 2 aliphatic heterocycles. The van der Waals surface area contributed by atoms with Gasteiger partial charge in [-0.1, -0.05) is 84.2 Å². The second-order valence-corrected chi connectivity index (χ2v) is 15.7. The Morgan fingerprint density at radius 1 is 0.589 bits per heavy atom. The lowest BCUT2D eigenvalue weighted by atomic mass is 9.98. The van der Waals surface area contributed by atoms with Crippen molar-refractivity contribution in [3.05, 3.63) is 81.3 Å². The average Bonchev–Trinajstić information content (AvgIpc) is 3.70. The molecule has 0 unspecified atom stereocenters. The highest BCUT2D eigenvalue weighted by Gasteiger charge is 2.46. The van der Waals surface area contributed by atoms with Gasteiger partial charge in [-0.15, -0.1) is 10.2 Å². The molecule has 10 atom stereocenters. The number of unbranched alkanes of at least 4 members (excludes halogenated alkanes) is 1. The van der Waals surface area contributed by atoms with Crippen LogP contribution in [0.1, 0.15) is 36.4 Å². The number of ether oxygens (including phenoxy) is 2. The van der Waals surface area contributed by atoms with Gasteiger partial charge in [-0.25, -0.2) is 9.36 Å². The summed E-state index contributed by atoms with van der Waals surface area (Å²) in [5.41, 5.74) is 1.59. The van der Waals surface area contributed by atoms with Crippen LogP contribution in [-0.2, 0) is 9.47 Å². The molecule has 22 heteroatoms. The van der Waals surface area contributed by atoms with Crippen LogP contribution in [0.4, 0.5) is 0 Å². The van der Waals surface area contributed by atoms with Gasteiger partial charge in [0.05, 0.1) is 25.6 Å². The van der Waals surface area contributed by atoms with Crippen LogP contribution in [0, 0.1) is 9.54 Å². The van der Waals surface area contributed by atoms with Crippen LogP contribution in [0.3, 0.4) is 0 Å². The maximum absolute atomic E-state index is 10.8. The lowest BCUT2D eigenvalue weighted by Crippen LogP contribution is -2.56. The van der Waals surface area contributed by atoms with E-state index in [0.29, 0.717) is 34.7 Å². The van der Waals surface area contributed by atoms with E-state index in [-0.39, 0.29) is 9.54 Å². The highest BCUT2D eigenvalue weighted by Crippen LogP contribution is 2.32. The molecule has 2 aromatic heterocycles. The molecule has 2 aliphatic rings. The van der Waals surface area contributed by atoms with E-state index in [4.69, 9.17) is 33.9 Å². The van der Waals surface area contributed by atoms with Gasteiger partial charge in [0.2, 0.25) is 19.9 Å². The molecule has 2 saturated heterocycles. The Bertz CT molecular complexity index is 1920. The van der Waals surface area contributed by atoms with Crippen molar-refractivity contribution < 1.29 is 50.3 Å². The number of benzene rings is 2. The molecule has 2 aromatic carbocycles. The van der Waals surface area contributed by atoms with E-state index in [0.717, 1.165) is 11.1 Å². The van der Waals surface area contributed by atoms with Crippen molar-refractivity contribution in [2.24, 2.45) is 10.2 Å². The van der Waals surface area contributed by atoms with Crippen molar-refractivity contribution in [1.82, 2.24) is 28.9 Å². The van der Waals surface area contributed by atoms with E-state index >= 15 is 0 Å². The summed E-state index contributed by atoms with van der Waals surface area (Å²) < 4.78 is 16.8. The van der Waals surface area contributed by atoms with Crippen molar-refractivity contribution in [1.29, 1.82) is 0 Å². The molecule has 4 aromatic rings. The van der Waals surface area contributed by atoms with Crippen molar-refractivity contribution in [3.8, 4) is 0 Å². The van der Waals surface area contributed by atoms with Crippen molar-refractivity contribution in [2.75, 3.05) is 24.7 Å². The van der Waals surface area contributed by atoms with Gasteiger partial charge in [0.1, 0.15) is 48.8 Å². The van der Waals surface area contributed by atoms with E-state index < -0.39 is 74.5 Å². The highest BCUT2D eigenvalue weighted by molar-refractivity contribution is 7.99. The molecule has 0 saturated carbocycles. The second-order valence-electron chi connectivity index (χ2n) is 12.8. The third-order valence-electron chi connectivity index (χ3n) is 8.96. The second kappa shape index (κ2) is 19.5. The van der Waals surface area contributed by atoms with Crippen LogP contribution in [0.5, 0.6) is 0 Å². The molecule has 0 amide bonds. The lowest BCUT2D eigenvalue weighted by molar-refractivity contribution is -0.254. The van der Waals surface area contributed by atoms with Crippen LogP contribution in [0.15, 0.2) is 81.2 Å². The quantitative estimate of drug-likeness (QED) is 0.0351. The standard InChI is InChI=1S/C34H42N8O10S4/c43-17-21-23(45)25(47)27(49)29(51-21)39-33(53)41(35-15-19-9-3-1-4-10-19)31(37-39)55-13-7-8-14-56-32-38-40(30-28(50)26(48)24(46)22(18-44)52-30)34(54)42(32)36-16-20-11-5-2-6-12-20/h1-6,9-12,15-16,21-30,43-50H,7-8,13-14,17-18H2/b35-15+,36-16+/t21-,22-,23-,24-,25+,26+,27-,28-,29-,30-/m1/s1. The molecule has 4 heterocycles. The maximum atomic E-state index is 10.8. The minimum absolute atomic E-state index is 0.0508. The molecule has 0 bridgehead atoms. The fourth-order valence-corrected chi connectivity index (χ4v) is 8.39. The molecule has 18 nitrogen and oxygen atoms in total. The smallest absolute Gasteiger partial charge is 0.222 e. The van der Waals surface area contributed by atoms with E-state index in [9.17, 15) is 40.9 Å². The molecule has 8 N–H and O–H groups in total. The van der Waals surface area contributed by atoms with Gasteiger partial charge in [0.15, 0.2) is 12.5 Å². The Labute approximate surface area is 339 Å². The van der Waals surface area contributed by atoms with E-state index in [1.54, 1.807) is 12.4 Å². The van der Waals surface area contributed by atoms with Gasteiger partial charge in [-0.05, 0) is 48.4 Å². The molecule has 56 heavy (non-hydrogen) atoms. The highest BCUT2D eigenvalue weighted by atomic mass is 32.2. The number of hydrogen-bond donors (Lipinski definition) is 8. The monoisotopic (exact) mass is 850 g/mol. The molecule has 0 radical (unpaired) electrons. The van der Waals surface area contributed by atoms with Gasteiger partial charge in [-0.3, -0.25) is 0 Å². The largest absolute Gasteiger partial charge is 0.394 e. The topological polar surface area (TPSA) is 251 Å². The van der Waals surface area contributed by atoms with Crippen LogP contribution < -0.4 is 0 Å². The Hall–Kier alpha value is -3.20. The number of nitrogens with zero attached hydrogens (tertiary/aromatic N) is 8. The number of aromatic nitrogens is 6. The molecule has 6 rings (SSSR count). The summed E-state index contributed by atoms with van der Waals surface area (Å²) in [6.07, 6.45) is -9.91. The fraction of sp³-hybridized carbons (Fsp3) is 0.471. The molecule has 0 spiro atoms. The average molecular weight is 851 g/mol. The van der Waals surface area contributed by atoms with Crippen LogP contribution in [-0.4, -0.2) is 156 Å². The number of hydrogen-bond acceptors (Lipinski definition) is 18. The SMILES string of the molecule is OC[C@H]1O[C@@H](n2nc(SCCCCSc3nn([C@@H]4O[C@H](CO)[C@@H](O)[C@H](O)[C@H]4O)c(=S)n3/N=C/c3ccccc3)n(/N=C/c3ccccc3)c2=S)[C@H](O)[C@@H](O)[C@@H]1O. The maximum Gasteiger partial charge on any atom is 0.222 e. The summed E-state index contributed by atoms with van der Waals surface area (Å²) in [4.78, 5) is 0. The first-order valence-electron chi connectivity index (χ1n) is 17.5. The number of aliphatic hydroxyl groups excluding tert-OH is 8. The summed E-state index contributed by atoms with van der Waals surface area (Å²) in [7, 11) is 0. The Morgan fingerprint density at radius 2 is 0.964 bits per heavy atom. The van der Waals surface area contributed by atoms with Gasteiger partial charge in [-0.2, -0.15) is 19.6 Å². The summed E-state index contributed by atoms with van der Waals surface area (Å²) in [5.74, 6) is 1.11. The predicted molar refractivity (Wildman–Crippen MR) is 210 cm³/mol. The predicted octanol–water partition coefficient (Wildman–Crippen LogP) is 0.515. The third-order valence-corrected chi connectivity index (χ3v) is 11.7. The molecule has 2 fully saturated rings. The minimum Gasteiger partial charge on any atom is -0.394 e. The minimum atomic E-state index is -1.62. The van der Waals surface area contributed by atoms with E-state index in [2.05, 4.69) is 20.4 Å². The Balaban J connectivity index is 1.17. The normalized spacial score (nSPS) is 28.4. The molecule has 302 valence electrons. The first-order chi connectivity index (χ1) is 27.0. The molecule has 0 aliphatic carbocycles. The molecular weight excluding hydrogens is 809 g/mol. The van der Waals surface area contributed by atoms with E-state index in [1.165, 1.54) is 42.2 Å². The van der Waals surface area contributed by atoms with Crippen molar-refractivity contribution in [2.45, 2.75) is 84.4 Å². The number of rotatable bonds is 15. The number of thioether (sulfide) groups is 2. The van der Waals surface area contributed by atoms with Crippen molar-refractivity contribution in [3.63, 3.8) is 0 Å². The van der Waals surface area contributed by atoms with E-state index in [1.807, 2.05) is 60.7 Å². The van der Waals surface area contributed by atoms with Gasteiger partial charge < -0.3 is 50.3 Å². The first kappa shape index (κ1) is 42.4. The van der Waals surface area contributed by atoms with Gasteiger partial charge in [0.25, 0.3) is 0 Å². The zero-order valence-electron chi connectivity index (χ0n) is 29.5. The zero-order valence-corrected chi connectivity index (χ0v) is 32.8. The van der Waals surface area contributed by atoms with Crippen LogP contribution in [0.25, 0.3) is 0 Å².